The van der Waals surface area contributed by atoms with E-state index in [1.54, 1.807) is 0 Å². The van der Waals surface area contributed by atoms with Crippen molar-refractivity contribution in [3.05, 3.63) is 0 Å². The van der Waals surface area contributed by atoms with Crippen LogP contribution in [0.2, 0.25) is 0 Å². The second-order valence-corrected chi connectivity index (χ2v) is 5.30. The zero-order valence-corrected chi connectivity index (χ0v) is 9.42. The Balaban J connectivity index is 3.51. The first-order valence-corrected chi connectivity index (χ1v) is 6.29. The summed E-state index contributed by atoms with van der Waals surface area (Å²) in [5.74, 6) is 0.124. The van der Waals surface area contributed by atoms with Gasteiger partial charge in [0, 0.05) is 6.42 Å². The molecule has 0 heterocycles. The van der Waals surface area contributed by atoms with Gasteiger partial charge in [0.15, 0.2) is 0 Å². The molecule has 0 bridgehead atoms. The van der Waals surface area contributed by atoms with E-state index in [-0.39, 0.29) is 6.42 Å². The highest BCUT2D eigenvalue weighted by molar-refractivity contribution is 7.85. The molecule has 0 aliphatic heterocycles. The van der Waals surface area contributed by atoms with Crippen molar-refractivity contribution in [1.82, 2.24) is 5.32 Å². The number of aliphatic hydroxyl groups is 1. The predicted octanol–water partition coefficient (Wildman–Crippen LogP) is 0.218. The van der Waals surface area contributed by atoms with E-state index < -0.39 is 22.1 Å². The summed E-state index contributed by atoms with van der Waals surface area (Å²) in [6.07, 6.45) is 0.0653. The molecule has 5 nitrogen and oxygen atoms in total. The normalized spacial score (nSPS) is 14.6. The lowest BCUT2D eigenvalue weighted by molar-refractivity contribution is 0.132. The number of hydrogen-bond acceptors (Lipinski definition) is 4. The van der Waals surface area contributed by atoms with Crippen LogP contribution in [0.1, 0.15) is 26.7 Å². The highest BCUT2D eigenvalue weighted by atomic mass is 32.2. The molecule has 0 radical (unpaired) electrons. The van der Waals surface area contributed by atoms with Gasteiger partial charge in [-0.15, -0.1) is 0 Å². The van der Waals surface area contributed by atoms with Gasteiger partial charge in [0.25, 0.3) is 10.1 Å². The van der Waals surface area contributed by atoms with Crippen LogP contribution in [0.5, 0.6) is 0 Å². The maximum Gasteiger partial charge on any atom is 0.265 e. The third kappa shape index (κ3) is 9.91. The minimum absolute atomic E-state index is 0.0108. The summed E-state index contributed by atoms with van der Waals surface area (Å²) in [6, 6.07) is 0. The molecule has 14 heavy (non-hydrogen) atoms. The van der Waals surface area contributed by atoms with E-state index in [1.165, 1.54) is 0 Å². The van der Waals surface area contributed by atoms with Crippen molar-refractivity contribution in [3.63, 3.8) is 0 Å². The number of rotatable bonds is 7. The zero-order chi connectivity index (χ0) is 11.2. The van der Waals surface area contributed by atoms with Crippen LogP contribution in [0.4, 0.5) is 0 Å². The Morgan fingerprint density at radius 1 is 1.29 bits per heavy atom. The number of nitrogens with one attached hydrogen (secondary N) is 1. The van der Waals surface area contributed by atoms with Gasteiger partial charge in [-0.25, -0.2) is 0 Å². The molecule has 0 spiro atoms. The second-order valence-electron chi connectivity index (χ2n) is 3.73. The molecule has 0 aliphatic rings. The van der Waals surface area contributed by atoms with Crippen LogP contribution in [0, 0.1) is 5.92 Å². The van der Waals surface area contributed by atoms with Crippen LogP contribution in [-0.2, 0) is 10.1 Å². The van der Waals surface area contributed by atoms with Crippen LogP contribution in [0.25, 0.3) is 0 Å². The van der Waals surface area contributed by atoms with Gasteiger partial charge in [0.2, 0.25) is 0 Å². The van der Waals surface area contributed by atoms with Crippen LogP contribution in [-0.4, -0.2) is 36.6 Å². The van der Waals surface area contributed by atoms with E-state index in [2.05, 4.69) is 19.2 Å². The minimum Gasteiger partial charge on any atom is -0.379 e. The molecule has 3 N–H and O–H groups in total. The lowest BCUT2D eigenvalue weighted by atomic mass is 10.1. The first kappa shape index (κ1) is 13.8. The average molecular weight is 225 g/mol. The predicted molar refractivity (Wildman–Crippen MR) is 54.5 cm³/mol. The van der Waals surface area contributed by atoms with Gasteiger partial charge in [-0.3, -0.25) is 9.87 Å². The maximum absolute atomic E-state index is 10.3. The quantitative estimate of drug-likeness (QED) is 0.426. The highest BCUT2D eigenvalue weighted by Crippen LogP contribution is 1.98. The monoisotopic (exact) mass is 225 g/mol. The first-order chi connectivity index (χ1) is 6.31. The molecule has 0 aromatic heterocycles. The van der Waals surface area contributed by atoms with Gasteiger partial charge < -0.3 is 5.11 Å². The molecular weight excluding hydrogens is 206 g/mol. The molecule has 0 saturated carbocycles. The average Bonchev–Trinajstić information content (AvgIpc) is 1.99. The van der Waals surface area contributed by atoms with Crippen LogP contribution in [0.15, 0.2) is 0 Å². The molecule has 0 saturated heterocycles. The Labute approximate surface area is 85.3 Å². The Morgan fingerprint density at radius 3 is 2.29 bits per heavy atom. The van der Waals surface area contributed by atoms with Gasteiger partial charge in [0.05, 0.1) is 5.75 Å². The molecular formula is C8H19NO4S. The molecule has 86 valence electrons. The largest absolute Gasteiger partial charge is 0.379 e. The third-order valence-corrected chi connectivity index (χ3v) is 2.50. The van der Waals surface area contributed by atoms with Crippen molar-refractivity contribution in [2.45, 2.75) is 32.9 Å². The smallest absolute Gasteiger partial charge is 0.265 e. The number of hydrogen-bond donors (Lipinski definition) is 3. The van der Waals surface area contributed by atoms with Gasteiger partial charge in [0.1, 0.15) is 6.23 Å². The van der Waals surface area contributed by atoms with Crippen molar-refractivity contribution < 1.29 is 18.1 Å². The van der Waals surface area contributed by atoms with E-state index in [0.717, 1.165) is 6.42 Å². The van der Waals surface area contributed by atoms with E-state index in [1.807, 2.05) is 0 Å². The summed E-state index contributed by atoms with van der Waals surface area (Å²) < 4.78 is 29.1. The van der Waals surface area contributed by atoms with Crippen LogP contribution < -0.4 is 5.32 Å². The Kier molecular flexibility index (Phi) is 6.26. The van der Waals surface area contributed by atoms with Crippen molar-refractivity contribution in [2.75, 3.05) is 12.3 Å². The first-order valence-electron chi connectivity index (χ1n) is 4.68. The Morgan fingerprint density at radius 2 is 1.86 bits per heavy atom. The van der Waals surface area contributed by atoms with Gasteiger partial charge >= 0.3 is 0 Å². The van der Waals surface area contributed by atoms with Gasteiger partial charge in [-0.05, 0) is 18.9 Å². The van der Waals surface area contributed by atoms with E-state index in [9.17, 15) is 13.5 Å². The number of aliphatic hydroxyl groups excluding tert-OH is 1. The fourth-order valence-electron chi connectivity index (χ4n) is 0.901. The molecule has 6 heteroatoms. The van der Waals surface area contributed by atoms with Crippen LogP contribution >= 0.6 is 0 Å². The fraction of sp³-hybridized carbons (Fsp3) is 1.00. The summed E-state index contributed by atoms with van der Waals surface area (Å²) in [4.78, 5) is 0. The van der Waals surface area contributed by atoms with Crippen molar-refractivity contribution >= 4 is 10.1 Å². The molecule has 0 aromatic rings. The standard InChI is InChI=1S/C8H19NO4S/c1-7(2)3-5-9-8(10)4-6-14(11,12)13/h7-10H,3-6H2,1-2H3,(H,11,12,13). The lowest BCUT2D eigenvalue weighted by Crippen LogP contribution is -2.32. The third-order valence-electron chi connectivity index (χ3n) is 1.75. The summed E-state index contributed by atoms with van der Waals surface area (Å²) >= 11 is 0. The summed E-state index contributed by atoms with van der Waals surface area (Å²) in [5.41, 5.74) is 0. The molecule has 0 rings (SSSR count). The Bertz CT molecular complexity index is 238. The maximum atomic E-state index is 10.3. The SMILES string of the molecule is CC(C)CCNC(O)CCS(=O)(=O)O. The van der Waals surface area contributed by atoms with Crippen molar-refractivity contribution in [2.24, 2.45) is 5.92 Å². The van der Waals surface area contributed by atoms with E-state index >= 15 is 0 Å². The minimum atomic E-state index is -3.96. The highest BCUT2D eigenvalue weighted by Gasteiger charge is 2.09. The van der Waals surface area contributed by atoms with Crippen molar-refractivity contribution in [1.29, 1.82) is 0 Å². The molecule has 0 aliphatic carbocycles. The van der Waals surface area contributed by atoms with E-state index in [0.29, 0.717) is 12.5 Å². The van der Waals surface area contributed by atoms with E-state index in [4.69, 9.17) is 4.55 Å². The van der Waals surface area contributed by atoms with Gasteiger partial charge in [-0.1, -0.05) is 13.8 Å². The topological polar surface area (TPSA) is 86.6 Å². The molecule has 1 atom stereocenters. The van der Waals surface area contributed by atoms with Gasteiger partial charge in [-0.2, -0.15) is 8.42 Å². The summed E-state index contributed by atoms with van der Waals surface area (Å²) in [6.45, 7) is 4.77. The second kappa shape index (κ2) is 6.34. The lowest BCUT2D eigenvalue weighted by Gasteiger charge is -2.12. The molecule has 0 amide bonds. The zero-order valence-electron chi connectivity index (χ0n) is 8.60. The van der Waals surface area contributed by atoms with Crippen LogP contribution in [0.3, 0.4) is 0 Å². The molecule has 1 unspecified atom stereocenters. The Hall–Kier alpha value is -0.170. The summed E-state index contributed by atoms with van der Waals surface area (Å²) in [5, 5.41) is 12.0. The fourth-order valence-corrected chi connectivity index (χ4v) is 1.42. The molecule has 0 fully saturated rings. The van der Waals surface area contributed by atoms with Crippen molar-refractivity contribution in [3.8, 4) is 0 Å². The molecule has 0 aromatic carbocycles. The summed E-state index contributed by atoms with van der Waals surface area (Å²) in [7, 11) is -3.96.